The number of pyridine rings is 1. The summed E-state index contributed by atoms with van der Waals surface area (Å²) in [7, 11) is 0. The molecular formula is C21H18N6OS. The van der Waals surface area contributed by atoms with E-state index in [0.717, 1.165) is 33.9 Å². The predicted molar refractivity (Wildman–Crippen MR) is 114 cm³/mol. The average molecular weight is 402 g/mol. The summed E-state index contributed by atoms with van der Waals surface area (Å²) in [4.78, 5) is 16.5. The van der Waals surface area contributed by atoms with Crippen LogP contribution in [0.5, 0.6) is 0 Å². The predicted octanol–water partition coefficient (Wildman–Crippen LogP) is 4.00. The van der Waals surface area contributed by atoms with Crippen LogP contribution in [0, 0.1) is 0 Å². The van der Waals surface area contributed by atoms with Gasteiger partial charge in [0, 0.05) is 35.8 Å². The first-order valence-electron chi connectivity index (χ1n) is 9.10. The molecule has 3 heterocycles. The van der Waals surface area contributed by atoms with E-state index in [-0.39, 0.29) is 5.91 Å². The molecule has 0 aliphatic heterocycles. The number of amides is 1. The van der Waals surface area contributed by atoms with E-state index in [2.05, 4.69) is 20.5 Å². The number of carbonyl (C=O) groups excluding carboxylic acids is 1. The largest absolute Gasteiger partial charge is 0.297 e. The van der Waals surface area contributed by atoms with E-state index in [1.807, 2.05) is 55.6 Å². The highest BCUT2D eigenvalue weighted by molar-refractivity contribution is 7.15. The van der Waals surface area contributed by atoms with Crippen molar-refractivity contribution in [3.8, 4) is 16.9 Å². The fourth-order valence-corrected chi connectivity index (χ4v) is 3.39. The molecule has 0 aliphatic carbocycles. The van der Waals surface area contributed by atoms with Crippen LogP contribution < -0.4 is 5.32 Å². The third kappa shape index (κ3) is 4.44. The van der Waals surface area contributed by atoms with Crippen LogP contribution in [0.1, 0.15) is 17.5 Å². The minimum atomic E-state index is -0.270. The molecule has 4 rings (SSSR count). The quantitative estimate of drug-likeness (QED) is 0.493. The topological polar surface area (TPSA) is 85.6 Å². The maximum atomic E-state index is 12.3. The minimum absolute atomic E-state index is 0.270. The molecule has 0 unspecified atom stereocenters. The Morgan fingerprint density at radius 1 is 1.17 bits per heavy atom. The smallest absolute Gasteiger partial charge is 0.250 e. The zero-order valence-electron chi connectivity index (χ0n) is 15.7. The molecule has 0 atom stereocenters. The van der Waals surface area contributed by atoms with Gasteiger partial charge in [-0.25, -0.2) is 4.68 Å². The Kier molecular flexibility index (Phi) is 5.53. The third-order valence-corrected chi connectivity index (χ3v) is 5.09. The number of carbonyl (C=O) groups is 1. The third-order valence-electron chi connectivity index (χ3n) is 4.11. The van der Waals surface area contributed by atoms with Gasteiger partial charge < -0.3 is 0 Å². The number of para-hydroxylation sites is 1. The van der Waals surface area contributed by atoms with Crippen molar-refractivity contribution in [2.24, 2.45) is 0 Å². The summed E-state index contributed by atoms with van der Waals surface area (Å²) < 4.78 is 1.79. The fourth-order valence-electron chi connectivity index (χ4n) is 2.71. The first kappa shape index (κ1) is 18.7. The van der Waals surface area contributed by atoms with Crippen LogP contribution in [0.4, 0.5) is 5.13 Å². The van der Waals surface area contributed by atoms with Crippen molar-refractivity contribution in [3.63, 3.8) is 0 Å². The van der Waals surface area contributed by atoms with Crippen LogP contribution in [-0.4, -0.2) is 30.9 Å². The maximum Gasteiger partial charge on any atom is 0.250 e. The van der Waals surface area contributed by atoms with Crippen LogP contribution in [0.25, 0.3) is 23.0 Å². The molecule has 0 radical (unpaired) electrons. The molecule has 0 bridgehead atoms. The molecule has 0 aliphatic rings. The van der Waals surface area contributed by atoms with Crippen molar-refractivity contribution >= 4 is 28.5 Å². The number of benzene rings is 1. The summed E-state index contributed by atoms with van der Waals surface area (Å²) in [6, 6.07) is 13.6. The van der Waals surface area contributed by atoms with Gasteiger partial charge in [0.05, 0.1) is 5.69 Å². The molecule has 1 amide bonds. The van der Waals surface area contributed by atoms with Gasteiger partial charge in [0.1, 0.15) is 10.7 Å². The number of aromatic nitrogens is 5. The number of nitrogens with zero attached hydrogens (tertiary/aromatic N) is 5. The lowest BCUT2D eigenvalue weighted by molar-refractivity contribution is -0.111. The van der Waals surface area contributed by atoms with E-state index in [1.165, 1.54) is 17.4 Å². The van der Waals surface area contributed by atoms with Gasteiger partial charge in [0.15, 0.2) is 0 Å². The van der Waals surface area contributed by atoms with Gasteiger partial charge in [0.2, 0.25) is 11.0 Å². The Morgan fingerprint density at radius 3 is 2.76 bits per heavy atom. The molecule has 0 spiro atoms. The molecule has 0 saturated heterocycles. The molecule has 0 fully saturated rings. The van der Waals surface area contributed by atoms with Gasteiger partial charge in [0.25, 0.3) is 0 Å². The Balaban J connectivity index is 1.62. The molecular weight excluding hydrogens is 384 g/mol. The highest BCUT2D eigenvalue weighted by atomic mass is 32.1. The summed E-state index contributed by atoms with van der Waals surface area (Å²) in [5.41, 5.74) is 3.36. The summed E-state index contributed by atoms with van der Waals surface area (Å²) in [6.07, 6.45) is 9.36. The molecule has 29 heavy (non-hydrogen) atoms. The number of nitrogens with one attached hydrogen (secondary N) is 1. The van der Waals surface area contributed by atoms with Crippen molar-refractivity contribution in [2.75, 3.05) is 5.32 Å². The molecule has 4 aromatic rings. The van der Waals surface area contributed by atoms with Crippen LogP contribution in [0.3, 0.4) is 0 Å². The maximum absolute atomic E-state index is 12.3. The average Bonchev–Trinajstić information content (AvgIpc) is 3.40. The molecule has 1 N–H and O–H groups in total. The number of hydrogen-bond donors (Lipinski definition) is 1. The van der Waals surface area contributed by atoms with Gasteiger partial charge in [-0.3, -0.25) is 15.1 Å². The number of hydrogen-bond acceptors (Lipinski definition) is 6. The first-order valence-corrected chi connectivity index (χ1v) is 9.91. The Hall–Kier alpha value is -3.65. The van der Waals surface area contributed by atoms with Gasteiger partial charge in [-0.2, -0.15) is 5.10 Å². The van der Waals surface area contributed by atoms with Crippen molar-refractivity contribution < 1.29 is 4.79 Å². The van der Waals surface area contributed by atoms with Crippen LogP contribution >= 0.6 is 11.3 Å². The summed E-state index contributed by atoms with van der Waals surface area (Å²) in [6.45, 7) is 2.00. The molecule has 7 nitrogen and oxygen atoms in total. The Bertz CT molecular complexity index is 1130. The molecule has 3 aromatic heterocycles. The van der Waals surface area contributed by atoms with E-state index < -0.39 is 0 Å². The number of anilines is 1. The molecule has 144 valence electrons. The van der Waals surface area contributed by atoms with E-state index in [4.69, 9.17) is 5.10 Å². The summed E-state index contributed by atoms with van der Waals surface area (Å²) in [5.74, 6) is -0.270. The van der Waals surface area contributed by atoms with Crippen molar-refractivity contribution in [1.82, 2.24) is 25.0 Å². The second kappa shape index (κ2) is 8.57. The molecule has 8 heteroatoms. The monoisotopic (exact) mass is 402 g/mol. The van der Waals surface area contributed by atoms with E-state index in [9.17, 15) is 4.79 Å². The normalized spacial score (nSPS) is 11.1. The van der Waals surface area contributed by atoms with Gasteiger partial charge in [-0.1, -0.05) is 36.5 Å². The highest BCUT2D eigenvalue weighted by Gasteiger charge is 2.11. The Morgan fingerprint density at radius 2 is 2.03 bits per heavy atom. The lowest BCUT2D eigenvalue weighted by Crippen LogP contribution is -2.07. The van der Waals surface area contributed by atoms with Crippen LogP contribution in [-0.2, 0) is 11.2 Å². The van der Waals surface area contributed by atoms with E-state index in [1.54, 1.807) is 23.2 Å². The van der Waals surface area contributed by atoms with E-state index >= 15 is 0 Å². The molecule has 0 saturated carbocycles. The number of rotatable bonds is 6. The van der Waals surface area contributed by atoms with Crippen LogP contribution in [0.15, 0.2) is 67.1 Å². The van der Waals surface area contributed by atoms with Gasteiger partial charge in [-0.05, 0) is 36.8 Å². The summed E-state index contributed by atoms with van der Waals surface area (Å²) in [5, 5.41) is 16.8. The zero-order valence-corrected chi connectivity index (χ0v) is 16.5. The van der Waals surface area contributed by atoms with Crippen molar-refractivity contribution in [2.45, 2.75) is 13.3 Å². The Labute approximate surface area is 171 Å². The lowest BCUT2D eigenvalue weighted by Gasteiger charge is -1.99. The molecule has 1 aromatic carbocycles. The SMILES string of the molecule is CCc1nnc(NC(=O)C=Cc2cn(-c3ccccc3)nc2-c2cccnc2)s1. The zero-order chi connectivity index (χ0) is 20.1. The van der Waals surface area contributed by atoms with Gasteiger partial charge >= 0.3 is 0 Å². The highest BCUT2D eigenvalue weighted by Crippen LogP contribution is 2.24. The van der Waals surface area contributed by atoms with E-state index in [0.29, 0.717) is 5.13 Å². The standard InChI is InChI=1S/C21H18N6OS/c1-2-19-24-25-21(29-19)23-18(28)11-10-16-14-27(17-8-4-3-5-9-17)26-20(16)15-7-6-12-22-13-15/h3-14H,2H2,1H3,(H,23,25,28). The van der Waals surface area contributed by atoms with Crippen LogP contribution in [0.2, 0.25) is 0 Å². The van der Waals surface area contributed by atoms with Gasteiger partial charge in [-0.15, -0.1) is 10.2 Å². The fraction of sp³-hybridized carbons (Fsp3) is 0.0952. The minimum Gasteiger partial charge on any atom is -0.297 e. The number of aryl methyl sites for hydroxylation is 1. The van der Waals surface area contributed by atoms with Crippen molar-refractivity contribution in [1.29, 1.82) is 0 Å². The second-order valence-corrected chi connectivity index (χ2v) is 7.19. The van der Waals surface area contributed by atoms with Crippen molar-refractivity contribution in [3.05, 3.63) is 77.7 Å². The second-order valence-electron chi connectivity index (χ2n) is 6.13. The first-order chi connectivity index (χ1) is 14.2. The summed E-state index contributed by atoms with van der Waals surface area (Å²) >= 11 is 1.37. The lowest BCUT2D eigenvalue weighted by atomic mass is 10.1.